The van der Waals surface area contributed by atoms with Crippen molar-refractivity contribution in [2.45, 2.75) is 20.4 Å². The molecule has 3 aromatic rings. The highest BCUT2D eigenvalue weighted by Crippen LogP contribution is 2.28. The van der Waals surface area contributed by atoms with Gasteiger partial charge in [-0.05, 0) is 24.1 Å². The summed E-state index contributed by atoms with van der Waals surface area (Å²) in [7, 11) is 0. The average Bonchev–Trinajstić information content (AvgIpc) is 2.63. The molecular formula is C15H17N3. The molecule has 3 heteroatoms. The van der Waals surface area contributed by atoms with Crippen LogP contribution in [0.2, 0.25) is 0 Å². The standard InChI is InChI=1S/C15H17N3/c1-10(2)9-18-13-6-4-3-5-11(13)12-7-8-14(16)17-15(12)18/h3-8,10H,9H2,1-2H3,(H2,16,17). The minimum atomic E-state index is 0.576. The van der Waals surface area contributed by atoms with Crippen LogP contribution in [-0.4, -0.2) is 9.55 Å². The molecule has 2 heterocycles. The number of nitrogens with two attached hydrogens (primary N) is 1. The Morgan fingerprint density at radius 3 is 2.67 bits per heavy atom. The summed E-state index contributed by atoms with van der Waals surface area (Å²) >= 11 is 0. The van der Waals surface area contributed by atoms with E-state index in [1.807, 2.05) is 6.07 Å². The van der Waals surface area contributed by atoms with Crippen molar-refractivity contribution in [3.63, 3.8) is 0 Å². The third-order valence-corrected chi connectivity index (χ3v) is 3.19. The van der Waals surface area contributed by atoms with Crippen molar-refractivity contribution in [1.29, 1.82) is 0 Å². The van der Waals surface area contributed by atoms with Crippen LogP contribution < -0.4 is 5.73 Å². The summed E-state index contributed by atoms with van der Waals surface area (Å²) in [6, 6.07) is 12.4. The fourth-order valence-corrected chi connectivity index (χ4v) is 2.48. The van der Waals surface area contributed by atoms with Crippen LogP contribution in [0, 0.1) is 5.92 Å². The monoisotopic (exact) mass is 239 g/mol. The quantitative estimate of drug-likeness (QED) is 0.744. The van der Waals surface area contributed by atoms with E-state index in [0.717, 1.165) is 12.2 Å². The number of aromatic nitrogens is 2. The Balaban J connectivity index is 2.42. The number of hydrogen-bond acceptors (Lipinski definition) is 2. The van der Waals surface area contributed by atoms with Crippen molar-refractivity contribution in [1.82, 2.24) is 9.55 Å². The third-order valence-electron chi connectivity index (χ3n) is 3.19. The zero-order valence-electron chi connectivity index (χ0n) is 10.7. The predicted molar refractivity (Wildman–Crippen MR) is 76.5 cm³/mol. The molecule has 0 unspecified atom stereocenters. The van der Waals surface area contributed by atoms with Gasteiger partial charge in [-0.15, -0.1) is 0 Å². The zero-order chi connectivity index (χ0) is 12.7. The van der Waals surface area contributed by atoms with Gasteiger partial charge in [0.2, 0.25) is 0 Å². The normalized spacial score (nSPS) is 11.7. The number of nitrogens with zero attached hydrogens (tertiary/aromatic N) is 2. The summed E-state index contributed by atoms with van der Waals surface area (Å²) in [4.78, 5) is 4.51. The lowest BCUT2D eigenvalue weighted by molar-refractivity contribution is 0.543. The summed E-state index contributed by atoms with van der Waals surface area (Å²) in [6.07, 6.45) is 0. The van der Waals surface area contributed by atoms with Crippen LogP contribution in [-0.2, 0) is 6.54 Å². The summed E-state index contributed by atoms with van der Waals surface area (Å²) < 4.78 is 2.27. The number of pyridine rings is 1. The zero-order valence-corrected chi connectivity index (χ0v) is 10.7. The Kier molecular flexibility index (Phi) is 2.47. The lowest BCUT2D eigenvalue weighted by Gasteiger charge is -2.09. The van der Waals surface area contributed by atoms with Gasteiger partial charge < -0.3 is 10.3 Å². The lowest BCUT2D eigenvalue weighted by Crippen LogP contribution is -2.05. The maximum atomic E-state index is 5.82. The molecule has 0 bridgehead atoms. The second kappa shape index (κ2) is 4.02. The highest BCUT2D eigenvalue weighted by atomic mass is 15.1. The third kappa shape index (κ3) is 1.63. The van der Waals surface area contributed by atoms with Crippen molar-refractivity contribution >= 4 is 27.8 Å². The summed E-state index contributed by atoms with van der Waals surface area (Å²) in [5.41, 5.74) is 8.05. The minimum Gasteiger partial charge on any atom is -0.384 e. The topological polar surface area (TPSA) is 43.8 Å². The first-order valence-electron chi connectivity index (χ1n) is 6.30. The molecule has 0 saturated carbocycles. The first-order chi connectivity index (χ1) is 8.66. The van der Waals surface area contributed by atoms with E-state index in [1.165, 1.54) is 16.3 Å². The van der Waals surface area contributed by atoms with Crippen molar-refractivity contribution < 1.29 is 0 Å². The van der Waals surface area contributed by atoms with Crippen LogP contribution >= 0.6 is 0 Å². The number of hydrogen-bond donors (Lipinski definition) is 1. The fourth-order valence-electron chi connectivity index (χ4n) is 2.48. The number of para-hydroxylation sites is 1. The molecule has 0 aliphatic rings. The molecule has 2 N–H and O–H groups in total. The average molecular weight is 239 g/mol. The van der Waals surface area contributed by atoms with Crippen LogP contribution in [0.3, 0.4) is 0 Å². The van der Waals surface area contributed by atoms with E-state index in [2.05, 4.69) is 53.7 Å². The van der Waals surface area contributed by atoms with Crippen molar-refractivity contribution in [2.24, 2.45) is 5.92 Å². The van der Waals surface area contributed by atoms with Gasteiger partial charge in [-0.2, -0.15) is 0 Å². The van der Waals surface area contributed by atoms with E-state index in [9.17, 15) is 0 Å². The lowest BCUT2D eigenvalue weighted by atomic mass is 10.2. The summed E-state index contributed by atoms with van der Waals surface area (Å²) in [5, 5.41) is 2.43. The van der Waals surface area contributed by atoms with Gasteiger partial charge in [-0.25, -0.2) is 4.98 Å². The molecule has 1 aromatic carbocycles. The number of nitrogen functional groups attached to an aromatic ring is 1. The summed E-state index contributed by atoms with van der Waals surface area (Å²) in [5.74, 6) is 1.16. The maximum Gasteiger partial charge on any atom is 0.143 e. The minimum absolute atomic E-state index is 0.576. The Hall–Kier alpha value is -2.03. The Morgan fingerprint density at radius 2 is 1.89 bits per heavy atom. The van der Waals surface area contributed by atoms with Crippen LogP contribution in [0.25, 0.3) is 21.9 Å². The SMILES string of the molecule is CC(C)Cn1c2ccccc2c2ccc(N)nc21. The Labute approximate surface area is 106 Å². The smallest absolute Gasteiger partial charge is 0.143 e. The van der Waals surface area contributed by atoms with E-state index in [4.69, 9.17) is 5.73 Å². The largest absolute Gasteiger partial charge is 0.384 e. The Bertz CT molecular complexity index is 710. The molecular weight excluding hydrogens is 222 g/mol. The molecule has 0 fully saturated rings. The van der Waals surface area contributed by atoms with Crippen LogP contribution in [0.5, 0.6) is 0 Å². The van der Waals surface area contributed by atoms with E-state index >= 15 is 0 Å². The van der Waals surface area contributed by atoms with E-state index in [0.29, 0.717) is 11.7 Å². The van der Waals surface area contributed by atoms with Gasteiger partial charge in [-0.3, -0.25) is 0 Å². The van der Waals surface area contributed by atoms with E-state index in [1.54, 1.807) is 0 Å². The second-order valence-electron chi connectivity index (χ2n) is 5.13. The summed E-state index contributed by atoms with van der Waals surface area (Å²) in [6.45, 7) is 5.39. The molecule has 0 spiro atoms. The molecule has 0 aliphatic heterocycles. The maximum absolute atomic E-state index is 5.82. The second-order valence-corrected chi connectivity index (χ2v) is 5.13. The molecule has 92 valence electrons. The fraction of sp³-hybridized carbons (Fsp3) is 0.267. The van der Waals surface area contributed by atoms with Crippen molar-refractivity contribution in [2.75, 3.05) is 5.73 Å². The van der Waals surface area contributed by atoms with Gasteiger partial charge in [-0.1, -0.05) is 32.0 Å². The van der Waals surface area contributed by atoms with Crippen LogP contribution in [0.1, 0.15) is 13.8 Å². The van der Waals surface area contributed by atoms with E-state index < -0.39 is 0 Å². The van der Waals surface area contributed by atoms with Gasteiger partial charge >= 0.3 is 0 Å². The van der Waals surface area contributed by atoms with Gasteiger partial charge in [0.15, 0.2) is 0 Å². The molecule has 3 nitrogen and oxygen atoms in total. The van der Waals surface area contributed by atoms with Crippen LogP contribution in [0.4, 0.5) is 5.82 Å². The van der Waals surface area contributed by atoms with Gasteiger partial charge in [0.05, 0.1) is 5.52 Å². The molecule has 0 aliphatic carbocycles. The molecule has 0 saturated heterocycles. The van der Waals surface area contributed by atoms with Crippen molar-refractivity contribution in [3.05, 3.63) is 36.4 Å². The van der Waals surface area contributed by atoms with Gasteiger partial charge in [0.25, 0.3) is 0 Å². The highest BCUT2D eigenvalue weighted by Gasteiger charge is 2.12. The van der Waals surface area contributed by atoms with Gasteiger partial charge in [0.1, 0.15) is 11.5 Å². The number of anilines is 1. The first kappa shape index (κ1) is 11.1. The van der Waals surface area contributed by atoms with Crippen LogP contribution in [0.15, 0.2) is 36.4 Å². The van der Waals surface area contributed by atoms with Crippen molar-refractivity contribution in [3.8, 4) is 0 Å². The highest BCUT2D eigenvalue weighted by molar-refractivity contribution is 6.06. The first-order valence-corrected chi connectivity index (χ1v) is 6.30. The molecule has 18 heavy (non-hydrogen) atoms. The predicted octanol–water partition coefficient (Wildman–Crippen LogP) is 3.43. The molecule has 0 atom stereocenters. The Morgan fingerprint density at radius 1 is 1.11 bits per heavy atom. The molecule has 2 aromatic heterocycles. The molecule has 3 rings (SSSR count). The van der Waals surface area contributed by atoms with Gasteiger partial charge in [0, 0.05) is 17.3 Å². The number of fused-ring (bicyclic) bond motifs is 3. The molecule has 0 radical (unpaired) electrons. The van der Waals surface area contributed by atoms with E-state index in [-0.39, 0.29) is 0 Å². The molecule has 0 amide bonds. The number of rotatable bonds is 2. The number of benzene rings is 1.